The van der Waals surface area contributed by atoms with Crippen molar-refractivity contribution < 1.29 is 4.79 Å². The lowest BCUT2D eigenvalue weighted by Crippen LogP contribution is -2.14. The molecule has 0 spiro atoms. The highest BCUT2D eigenvalue weighted by Crippen LogP contribution is 2.27. The summed E-state index contributed by atoms with van der Waals surface area (Å²) in [4.78, 5) is 17.5. The van der Waals surface area contributed by atoms with Crippen molar-refractivity contribution in [2.75, 3.05) is 5.32 Å². The lowest BCUT2D eigenvalue weighted by Gasteiger charge is -2.07. The summed E-state index contributed by atoms with van der Waals surface area (Å²) in [5.74, 6) is 0.193. The molecule has 0 unspecified atom stereocenters. The highest BCUT2D eigenvalue weighted by molar-refractivity contribution is 6.42. The van der Waals surface area contributed by atoms with Crippen LogP contribution in [0.25, 0.3) is 17.1 Å². The molecule has 7 heteroatoms. The normalized spacial score (nSPS) is 10.9. The fourth-order valence-corrected chi connectivity index (χ4v) is 3.39. The summed E-state index contributed by atoms with van der Waals surface area (Å²) in [7, 11) is 0. The summed E-state index contributed by atoms with van der Waals surface area (Å²) in [6.07, 6.45) is 0. The largest absolute Gasteiger partial charge is 0.319 e. The SMILES string of the molecule is Cc1ccc(-c2nc(C(=O)Nc3ccc(C)c(C)c3)nn2-c2ccc(Cl)c(Cl)c2)cc1. The number of nitrogens with zero attached hydrogens (tertiary/aromatic N) is 3. The van der Waals surface area contributed by atoms with E-state index in [0.717, 1.165) is 22.3 Å². The van der Waals surface area contributed by atoms with Crippen molar-refractivity contribution in [3.63, 3.8) is 0 Å². The number of anilines is 1. The van der Waals surface area contributed by atoms with E-state index >= 15 is 0 Å². The minimum Gasteiger partial charge on any atom is -0.319 e. The molecule has 1 aromatic heterocycles. The maximum Gasteiger partial charge on any atom is 0.295 e. The quantitative estimate of drug-likeness (QED) is 0.390. The number of rotatable bonds is 4. The van der Waals surface area contributed by atoms with Crippen LogP contribution in [0.3, 0.4) is 0 Å². The number of aryl methyl sites for hydroxylation is 3. The third kappa shape index (κ3) is 4.48. The van der Waals surface area contributed by atoms with Gasteiger partial charge in [0.15, 0.2) is 5.82 Å². The fourth-order valence-electron chi connectivity index (χ4n) is 3.10. The van der Waals surface area contributed by atoms with Crippen molar-refractivity contribution in [3.05, 3.63) is 93.2 Å². The Morgan fingerprint density at radius 2 is 1.61 bits per heavy atom. The van der Waals surface area contributed by atoms with E-state index in [-0.39, 0.29) is 5.82 Å². The van der Waals surface area contributed by atoms with E-state index in [0.29, 0.717) is 27.2 Å². The molecule has 1 N–H and O–H groups in total. The van der Waals surface area contributed by atoms with Crippen molar-refractivity contribution in [1.82, 2.24) is 14.8 Å². The molecule has 4 rings (SSSR count). The second kappa shape index (κ2) is 8.53. The molecule has 156 valence electrons. The number of nitrogens with one attached hydrogen (secondary N) is 1. The van der Waals surface area contributed by atoms with Gasteiger partial charge in [0.1, 0.15) is 0 Å². The average molecular weight is 451 g/mol. The third-order valence-electron chi connectivity index (χ3n) is 5.03. The molecule has 5 nitrogen and oxygen atoms in total. The Balaban J connectivity index is 1.76. The van der Waals surface area contributed by atoms with Crippen LogP contribution in [0.4, 0.5) is 5.69 Å². The average Bonchev–Trinajstić information content (AvgIpc) is 3.19. The topological polar surface area (TPSA) is 59.8 Å². The van der Waals surface area contributed by atoms with Gasteiger partial charge in [-0.1, -0.05) is 59.1 Å². The first-order valence-electron chi connectivity index (χ1n) is 9.70. The lowest BCUT2D eigenvalue weighted by atomic mass is 10.1. The predicted octanol–water partition coefficient (Wildman–Crippen LogP) is 6.42. The van der Waals surface area contributed by atoms with E-state index in [2.05, 4.69) is 15.4 Å². The Kier molecular flexibility index (Phi) is 5.81. The van der Waals surface area contributed by atoms with Gasteiger partial charge in [0.25, 0.3) is 5.91 Å². The van der Waals surface area contributed by atoms with Crippen molar-refractivity contribution in [2.45, 2.75) is 20.8 Å². The Hall–Kier alpha value is -3.15. The number of aromatic nitrogens is 3. The number of benzene rings is 3. The van der Waals surface area contributed by atoms with E-state index in [4.69, 9.17) is 23.2 Å². The summed E-state index contributed by atoms with van der Waals surface area (Å²) in [6, 6.07) is 18.8. The van der Waals surface area contributed by atoms with Gasteiger partial charge in [-0.25, -0.2) is 9.67 Å². The summed E-state index contributed by atoms with van der Waals surface area (Å²) < 4.78 is 1.60. The first-order valence-corrected chi connectivity index (χ1v) is 10.5. The molecule has 0 bridgehead atoms. The van der Waals surface area contributed by atoms with Crippen LogP contribution in [-0.4, -0.2) is 20.7 Å². The minimum atomic E-state index is -0.393. The highest BCUT2D eigenvalue weighted by Gasteiger charge is 2.19. The van der Waals surface area contributed by atoms with Crippen LogP contribution >= 0.6 is 23.2 Å². The van der Waals surface area contributed by atoms with Crippen LogP contribution in [0, 0.1) is 20.8 Å². The second-order valence-electron chi connectivity index (χ2n) is 7.39. The number of carbonyl (C=O) groups is 1. The molecule has 4 aromatic rings. The summed E-state index contributed by atoms with van der Waals surface area (Å²) in [5, 5.41) is 8.19. The summed E-state index contributed by atoms with van der Waals surface area (Å²) in [6.45, 7) is 6.03. The standard InChI is InChI=1S/C24H20Cl2N4O/c1-14-4-7-17(8-5-14)23-28-22(24(31)27-18-9-6-15(2)16(3)12-18)29-30(23)19-10-11-20(25)21(26)13-19/h4-13H,1-3H3,(H,27,31). The predicted molar refractivity (Wildman–Crippen MR) is 125 cm³/mol. The number of hydrogen-bond donors (Lipinski definition) is 1. The number of halogens is 2. The summed E-state index contributed by atoms with van der Waals surface area (Å²) in [5.41, 5.74) is 5.54. The van der Waals surface area contributed by atoms with E-state index in [1.807, 2.05) is 63.2 Å². The molecule has 0 aliphatic carbocycles. The lowest BCUT2D eigenvalue weighted by molar-refractivity contribution is 0.101. The monoisotopic (exact) mass is 450 g/mol. The summed E-state index contributed by atoms with van der Waals surface area (Å²) >= 11 is 12.3. The number of amides is 1. The van der Waals surface area contributed by atoms with Crippen LogP contribution in [0.15, 0.2) is 60.7 Å². The molecule has 3 aromatic carbocycles. The van der Waals surface area contributed by atoms with Gasteiger partial charge in [0, 0.05) is 11.3 Å². The van der Waals surface area contributed by atoms with E-state index in [1.165, 1.54) is 0 Å². The zero-order chi connectivity index (χ0) is 22.1. The van der Waals surface area contributed by atoms with Gasteiger partial charge in [0.05, 0.1) is 15.7 Å². The van der Waals surface area contributed by atoms with Gasteiger partial charge in [-0.2, -0.15) is 0 Å². The van der Waals surface area contributed by atoms with E-state index in [9.17, 15) is 4.79 Å². The molecule has 0 aliphatic heterocycles. The van der Waals surface area contributed by atoms with E-state index in [1.54, 1.807) is 22.9 Å². The molecule has 0 radical (unpaired) electrons. The Morgan fingerprint density at radius 3 is 2.29 bits per heavy atom. The van der Waals surface area contributed by atoms with Crippen LogP contribution < -0.4 is 5.32 Å². The van der Waals surface area contributed by atoms with Gasteiger partial charge in [-0.3, -0.25) is 4.79 Å². The molecular weight excluding hydrogens is 431 g/mol. The van der Waals surface area contributed by atoms with Crippen LogP contribution in [0.2, 0.25) is 10.0 Å². The molecule has 0 saturated carbocycles. The Labute approximate surface area is 190 Å². The second-order valence-corrected chi connectivity index (χ2v) is 8.20. The van der Waals surface area contributed by atoms with Crippen molar-refractivity contribution in [2.24, 2.45) is 0 Å². The maximum absolute atomic E-state index is 12.9. The van der Waals surface area contributed by atoms with Crippen molar-refractivity contribution in [3.8, 4) is 17.1 Å². The van der Waals surface area contributed by atoms with Crippen molar-refractivity contribution in [1.29, 1.82) is 0 Å². The first-order chi connectivity index (χ1) is 14.8. The number of hydrogen-bond acceptors (Lipinski definition) is 3. The Bertz CT molecular complexity index is 1280. The fraction of sp³-hybridized carbons (Fsp3) is 0.125. The molecule has 0 saturated heterocycles. The highest BCUT2D eigenvalue weighted by atomic mass is 35.5. The van der Waals surface area contributed by atoms with Gasteiger partial charge in [-0.05, 0) is 62.2 Å². The van der Waals surface area contributed by atoms with Crippen LogP contribution in [0.1, 0.15) is 27.3 Å². The minimum absolute atomic E-state index is 0.0554. The molecule has 0 atom stereocenters. The first kappa shape index (κ1) is 21.1. The molecule has 0 aliphatic rings. The zero-order valence-electron chi connectivity index (χ0n) is 17.3. The maximum atomic E-state index is 12.9. The number of carbonyl (C=O) groups excluding carboxylic acids is 1. The third-order valence-corrected chi connectivity index (χ3v) is 5.77. The Morgan fingerprint density at radius 1 is 0.871 bits per heavy atom. The van der Waals surface area contributed by atoms with Crippen LogP contribution in [0.5, 0.6) is 0 Å². The van der Waals surface area contributed by atoms with Gasteiger partial charge in [0.2, 0.25) is 5.82 Å². The zero-order valence-corrected chi connectivity index (χ0v) is 18.8. The van der Waals surface area contributed by atoms with Gasteiger partial charge in [-0.15, -0.1) is 5.10 Å². The van der Waals surface area contributed by atoms with Crippen LogP contribution in [-0.2, 0) is 0 Å². The molecular formula is C24H20Cl2N4O. The van der Waals surface area contributed by atoms with Crippen molar-refractivity contribution >= 4 is 34.8 Å². The van der Waals surface area contributed by atoms with Gasteiger partial charge < -0.3 is 5.32 Å². The molecule has 1 heterocycles. The molecule has 0 fully saturated rings. The van der Waals surface area contributed by atoms with E-state index < -0.39 is 5.91 Å². The molecule has 1 amide bonds. The smallest absolute Gasteiger partial charge is 0.295 e. The van der Waals surface area contributed by atoms with Gasteiger partial charge >= 0.3 is 0 Å². The molecule has 31 heavy (non-hydrogen) atoms.